The lowest BCUT2D eigenvalue weighted by atomic mass is 10.0. The molecule has 0 aromatic heterocycles. The summed E-state index contributed by atoms with van der Waals surface area (Å²) in [7, 11) is 0. The lowest BCUT2D eigenvalue weighted by Gasteiger charge is -2.27. The van der Waals surface area contributed by atoms with Gasteiger partial charge in [0.25, 0.3) is 0 Å². The Kier molecular flexibility index (Phi) is 7.53. The van der Waals surface area contributed by atoms with Crippen molar-refractivity contribution in [3.8, 4) is 0 Å². The summed E-state index contributed by atoms with van der Waals surface area (Å²) in [6.07, 6.45) is 0.593. The Morgan fingerprint density at radius 1 is 1.00 bits per heavy atom. The molecule has 0 saturated carbocycles. The minimum absolute atomic E-state index is 0.120. The van der Waals surface area contributed by atoms with Gasteiger partial charge >= 0.3 is 0 Å². The number of aliphatic hydroxyl groups excluding tert-OH is 1. The van der Waals surface area contributed by atoms with Gasteiger partial charge in [-0.2, -0.15) is 0 Å². The van der Waals surface area contributed by atoms with Gasteiger partial charge in [0.2, 0.25) is 0 Å². The van der Waals surface area contributed by atoms with Gasteiger partial charge in [-0.3, -0.25) is 4.90 Å². The summed E-state index contributed by atoms with van der Waals surface area (Å²) in [4.78, 5) is 7.85. The number of hydrogen-bond acceptors (Lipinski definition) is 4. The van der Waals surface area contributed by atoms with E-state index in [2.05, 4.69) is 10.1 Å². The Bertz CT molecular complexity index is 1030. The van der Waals surface area contributed by atoms with Crippen LogP contribution in [0.2, 0.25) is 5.02 Å². The summed E-state index contributed by atoms with van der Waals surface area (Å²) >= 11 is 5.98. The highest BCUT2D eigenvalue weighted by Gasteiger charge is 2.26. The molecule has 4 nitrogen and oxygen atoms in total. The van der Waals surface area contributed by atoms with Crippen LogP contribution in [0.4, 0.5) is 4.39 Å². The minimum Gasteiger partial charge on any atom is -0.391 e. The summed E-state index contributed by atoms with van der Waals surface area (Å²) < 4.78 is 13.3. The van der Waals surface area contributed by atoms with Crippen molar-refractivity contribution >= 4 is 17.3 Å². The molecule has 1 heterocycles. The van der Waals surface area contributed by atoms with Crippen LogP contribution in [0.15, 0.2) is 84.0 Å². The largest absolute Gasteiger partial charge is 0.391 e. The smallest absolute Gasteiger partial charge is 0.145 e. The molecule has 6 heteroatoms. The number of oxime groups is 1. The van der Waals surface area contributed by atoms with Gasteiger partial charge in [-0.15, -0.1) is 0 Å². The maximum absolute atomic E-state index is 13.3. The topological polar surface area (TPSA) is 45.1 Å². The molecule has 0 fully saturated rings. The zero-order chi connectivity index (χ0) is 22.3. The second-order valence-electron chi connectivity index (χ2n) is 8.14. The van der Waals surface area contributed by atoms with Crippen LogP contribution in [0.3, 0.4) is 0 Å². The summed E-state index contributed by atoms with van der Waals surface area (Å²) in [6.45, 7) is 1.66. The number of rotatable bonds is 9. The third-order valence-electron chi connectivity index (χ3n) is 5.47. The summed E-state index contributed by atoms with van der Waals surface area (Å²) in [5, 5.41) is 15.7. The number of nitrogens with zero attached hydrogens (tertiary/aromatic N) is 2. The molecule has 1 aliphatic heterocycles. The molecule has 3 aromatic rings. The van der Waals surface area contributed by atoms with Crippen molar-refractivity contribution in [2.75, 3.05) is 13.1 Å². The second-order valence-corrected chi connectivity index (χ2v) is 8.58. The number of hydrogen-bond donors (Lipinski definition) is 1. The predicted octanol–water partition coefficient (Wildman–Crippen LogP) is 5.08. The lowest BCUT2D eigenvalue weighted by Crippen LogP contribution is -2.38. The lowest BCUT2D eigenvalue weighted by molar-refractivity contribution is 0.0322. The molecule has 2 atom stereocenters. The van der Waals surface area contributed by atoms with Gasteiger partial charge in [-0.1, -0.05) is 71.4 Å². The van der Waals surface area contributed by atoms with Gasteiger partial charge in [-0.25, -0.2) is 4.39 Å². The third-order valence-corrected chi connectivity index (χ3v) is 5.73. The summed E-state index contributed by atoms with van der Waals surface area (Å²) in [5.74, 6) is -0.260. The molecular formula is C26H26ClFN2O2. The highest BCUT2D eigenvalue weighted by atomic mass is 35.5. The van der Waals surface area contributed by atoms with Crippen LogP contribution in [0.1, 0.15) is 23.1 Å². The molecule has 0 aliphatic carbocycles. The zero-order valence-corrected chi connectivity index (χ0v) is 18.5. The van der Waals surface area contributed by atoms with Gasteiger partial charge in [-0.05, 0) is 47.4 Å². The molecular weight excluding hydrogens is 427 g/mol. The van der Waals surface area contributed by atoms with Gasteiger partial charge in [0.15, 0.2) is 0 Å². The Hall–Kier alpha value is -2.73. The van der Waals surface area contributed by atoms with E-state index in [1.807, 2.05) is 54.6 Å². The fraction of sp³-hybridized carbons (Fsp3) is 0.269. The molecule has 0 saturated heterocycles. The molecule has 32 heavy (non-hydrogen) atoms. The average Bonchev–Trinajstić information content (AvgIpc) is 3.25. The molecule has 0 spiro atoms. The van der Waals surface area contributed by atoms with E-state index in [0.29, 0.717) is 37.5 Å². The van der Waals surface area contributed by atoms with E-state index in [0.717, 1.165) is 22.4 Å². The standard InChI is InChI=1S/C26H26ClFN2O2/c27-22-10-8-21(9-11-22)26-15-25(32-29-26)18-30(16-20-6-12-23(28)13-7-20)17-24(31)14-19-4-2-1-3-5-19/h1-13,24-25,31H,14-18H2/t24-,25+/m0/s1. The van der Waals surface area contributed by atoms with Crippen LogP contribution in [-0.2, 0) is 17.8 Å². The first kappa shape index (κ1) is 22.5. The molecule has 1 aliphatic rings. The van der Waals surface area contributed by atoms with Crippen molar-refractivity contribution in [1.29, 1.82) is 0 Å². The van der Waals surface area contributed by atoms with Gasteiger partial charge in [0.05, 0.1) is 11.8 Å². The van der Waals surface area contributed by atoms with E-state index in [9.17, 15) is 9.50 Å². The first-order chi connectivity index (χ1) is 15.5. The second kappa shape index (κ2) is 10.7. The fourth-order valence-corrected chi connectivity index (χ4v) is 4.05. The van der Waals surface area contributed by atoms with Crippen molar-refractivity contribution < 1.29 is 14.3 Å². The Balaban J connectivity index is 1.40. The average molecular weight is 453 g/mol. The van der Waals surface area contributed by atoms with Crippen LogP contribution < -0.4 is 0 Å². The van der Waals surface area contributed by atoms with Crippen molar-refractivity contribution in [3.63, 3.8) is 0 Å². The van der Waals surface area contributed by atoms with E-state index >= 15 is 0 Å². The molecule has 0 amide bonds. The van der Waals surface area contributed by atoms with Crippen LogP contribution in [0.25, 0.3) is 0 Å². The van der Waals surface area contributed by atoms with Crippen LogP contribution >= 0.6 is 11.6 Å². The first-order valence-electron chi connectivity index (χ1n) is 10.7. The van der Waals surface area contributed by atoms with Crippen molar-refractivity contribution in [1.82, 2.24) is 4.90 Å². The van der Waals surface area contributed by atoms with Crippen LogP contribution in [0.5, 0.6) is 0 Å². The number of benzene rings is 3. The molecule has 166 valence electrons. The summed E-state index contributed by atoms with van der Waals surface area (Å²) in [5.41, 5.74) is 3.95. The minimum atomic E-state index is -0.532. The van der Waals surface area contributed by atoms with E-state index in [1.54, 1.807) is 12.1 Å². The Morgan fingerprint density at radius 2 is 1.72 bits per heavy atom. The van der Waals surface area contributed by atoms with E-state index in [4.69, 9.17) is 16.4 Å². The van der Waals surface area contributed by atoms with Crippen LogP contribution in [0, 0.1) is 5.82 Å². The molecule has 0 bridgehead atoms. The highest BCUT2D eigenvalue weighted by molar-refractivity contribution is 6.30. The molecule has 0 radical (unpaired) electrons. The molecule has 3 aromatic carbocycles. The number of aliphatic hydroxyl groups is 1. The maximum atomic E-state index is 13.3. The highest BCUT2D eigenvalue weighted by Crippen LogP contribution is 2.20. The predicted molar refractivity (Wildman–Crippen MR) is 125 cm³/mol. The zero-order valence-electron chi connectivity index (χ0n) is 17.7. The van der Waals surface area contributed by atoms with Crippen LogP contribution in [-0.4, -0.2) is 41.0 Å². The summed E-state index contributed by atoms with van der Waals surface area (Å²) in [6, 6.07) is 24.0. The van der Waals surface area contributed by atoms with Crippen molar-refractivity contribution in [3.05, 3.63) is 106 Å². The maximum Gasteiger partial charge on any atom is 0.145 e. The quantitative estimate of drug-likeness (QED) is 0.492. The molecule has 4 rings (SSSR count). The Morgan fingerprint density at radius 3 is 2.44 bits per heavy atom. The third kappa shape index (κ3) is 6.39. The molecule has 0 unspecified atom stereocenters. The van der Waals surface area contributed by atoms with Crippen molar-refractivity contribution in [2.45, 2.75) is 31.6 Å². The normalized spacial score (nSPS) is 16.6. The first-order valence-corrected chi connectivity index (χ1v) is 11.1. The van der Waals surface area contributed by atoms with Gasteiger partial charge < -0.3 is 9.94 Å². The van der Waals surface area contributed by atoms with Crippen molar-refractivity contribution in [2.24, 2.45) is 5.16 Å². The van der Waals surface area contributed by atoms with E-state index < -0.39 is 6.10 Å². The van der Waals surface area contributed by atoms with Gasteiger partial charge in [0.1, 0.15) is 11.9 Å². The van der Waals surface area contributed by atoms with E-state index in [-0.39, 0.29) is 11.9 Å². The Labute approximate surface area is 192 Å². The molecule has 1 N–H and O–H groups in total. The fourth-order valence-electron chi connectivity index (χ4n) is 3.93. The monoisotopic (exact) mass is 452 g/mol. The van der Waals surface area contributed by atoms with Gasteiger partial charge in [0, 0.05) is 31.1 Å². The van der Waals surface area contributed by atoms with E-state index in [1.165, 1.54) is 12.1 Å². The number of halogens is 2. The SMILES string of the molecule is O[C@@H](Cc1ccccc1)CN(Cc1ccc(F)cc1)C[C@H]1CC(c2ccc(Cl)cc2)=NO1.